The summed E-state index contributed by atoms with van der Waals surface area (Å²) in [6, 6.07) is 5.67. The van der Waals surface area contributed by atoms with Gasteiger partial charge in [-0.2, -0.15) is 4.31 Å². The molecule has 1 saturated heterocycles. The molecule has 0 bridgehead atoms. The molecule has 5 nitrogen and oxygen atoms in total. The number of benzene rings is 1. The number of nitrogens with one attached hydrogen (secondary N) is 1. The van der Waals surface area contributed by atoms with Gasteiger partial charge in [-0.1, -0.05) is 12.1 Å². The smallest absolute Gasteiger partial charge is 0.254 e. The third-order valence-corrected chi connectivity index (χ3v) is 6.85. The Balaban J connectivity index is 1.99. The number of piperazine rings is 1. The van der Waals surface area contributed by atoms with Crippen molar-refractivity contribution in [3.8, 4) is 0 Å². The number of thiazole rings is 1. The largest absolute Gasteiger partial charge is 0.313 e. The Bertz CT molecular complexity index is 776. The molecule has 8 heteroatoms. The molecule has 3 rings (SSSR count). The molecular formula is C14H16FN3O2S2. The van der Waals surface area contributed by atoms with E-state index in [1.807, 2.05) is 0 Å². The van der Waals surface area contributed by atoms with Crippen LogP contribution in [0.4, 0.5) is 4.39 Å². The predicted octanol–water partition coefficient (Wildman–Crippen LogP) is 1.93. The summed E-state index contributed by atoms with van der Waals surface area (Å²) < 4.78 is 40.8. The van der Waals surface area contributed by atoms with Gasteiger partial charge in [0.25, 0.3) is 10.0 Å². The van der Waals surface area contributed by atoms with Gasteiger partial charge in [-0.3, -0.25) is 0 Å². The van der Waals surface area contributed by atoms with Crippen LogP contribution in [0.25, 0.3) is 0 Å². The fourth-order valence-electron chi connectivity index (χ4n) is 2.55. The molecule has 1 aromatic carbocycles. The lowest BCUT2D eigenvalue weighted by atomic mass is 10.1. The highest BCUT2D eigenvalue weighted by molar-refractivity contribution is 7.91. The van der Waals surface area contributed by atoms with Crippen LogP contribution in [0.5, 0.6) is 0 Å². The molecule has 1 atom stereocenters. The Morgan fingerprint density at radius 2 is 2.27 bits per heavy atom. The monoisotopic (exact) mass is 341 g/mol. The maximum absolute atomic E-state index is 13.5. The van der Waals surface area contributed by atoms with Gasteiger partial charge >= 0.3 is 0 Å². The van der Waals surface area contributed by atoms with E-state index in [0.29, 0.717) is 30.2 Å². The lowest BCUT2D eigenvalue weighted by Gasteiger charge is -2.35. The first-order valence-corrected chi connectivity index (χ1v) is 9.14. The first kappa shape index (κ1) is 15.5. The summed E-state index contributed by atoms with van der Waals surface area (Å²) in [7, 11) is -3.62. The van der Waals surface area contributed by atoms with Crippen LogP contribution >= 0.6 is 11.3 Å². The van der Waals surface area contributed by atoms with Crippen molar-refractivity contribution in [3.05, 3.63) is 46.9 Å². The van der Waals surface area contributed by atoms with Gasteiger partial charge in [0.1, 0.15) is 5.82 Å². The van der Waals surface area contributed by atoms with Crippen LogP contribution in [0.15, 0.2) is 34.7 Å². The maximum Gasteiger partial charge on any atom is 0.254 e. The minimum atomic E-state index is -3.62. The lowest BCUT2D eigenvalue weighted by molar-refractivity contribution is 0.271. The van der Waals surface area contributed by atoms with E-state index >= 15 is 0 Å². The summed E-state index contributed by atoms with van der Waals surface area (Å²) in [5.74, 6) is -0.367. The molecule has 1 aliphatic heterocycles. The van der Waals surface area contributed by atoms with Crippen molar-refractivity contribution in [1.29, 1.82) is 0 Å². The lowest BCUT2D eigenvalue weighted by Crippen LogP contribution is -2.48. The molecule has 1 aliphatic rings. The highest BCUT2D eigenvalue weighted by Crippen LogP contribution is 2.31. The first-order valence-electron chi connectivity index (χ1n) is 6.89. The normalized spacial score (nSPS) is 20.2. The summed E-state index contributed by atoms with van der Waals surface area (Å²) >= 11 is 1.15. The zero-order valence-corrected chi connectivity index (χ0v) is 13.6. The zero-order valence-electron chi connectivity index (χ0n) is 12.0. The first-order chi connectivity index (χ1) is 10.5. The van der Waals surface area contributed by atoms with Gasteiger partial charge in [-0.15, -0.1) is 11.3 Å². The van der Waals surface area contributed by atoms with Crippen molar-refractivity contribution in [1.82, 2.24) is 14.6 Å². The molecule has 2 heterocycles. The fraction of sp³-hybridized carbons (Fsp3) is 0.357. The molecule has 2 aromatic rings. The van der Waals surface area contributed by atoms with Crippen molar-refractivity contribution in [2.45, 2.75) is 17.2 Å². The number of nitrogens with zero attached hydrogens (tertiary/aromatic N) is 2. The van der Waals surface area contributed by atoms with Gasteiger partial charge in [0.05, 0.1) is 17.2 Å². The summed E-state index contributed by atoms with van der Waals surface area (Å²) in [5.41, 5.74) is 0.650. The maximum atomic E-state index is 13.5. The molecule has 0 saturated carbocycles. The van der Waals surface area contributed by atoms with Crippen molar-refractivity contribution < 1.29 is 12.8 Å². The molecular weight excluding hydrogens is 325 g/mol. The van der Waals surface area contributed by atoms with Gasteiger partial charge in [-0.25, -0.2) is 17.8 Å². The highest BCUT2D eigenvalue weighted by atomic mass is 32.2. The molecule has 1 N–H and O–H groups in total. The van der Waals surface area contributed by atoms with Crippen LogP contribution < -0.4 is 5.32 Å². The second kappa shape index (κ2) is 6.04. The standard InChI is InChI=1S/C14H16FN3O2S2/c1-10-17-9-14(21-10)22(19,20)18-6-5-16-8-13(18)11-3-2-4-12(15)7-11/h2-4,7,9,13,16H,5-6,8H2,1H3. The Morgan fingerprint density at radius 1 is 1.45 bits per heavy atom. The van der Waals surface area contributed by atoms with Crippen molar-refractivity contribution >= 4 is 21.4 Å². The van der Waals surface area contributed by atoms with Gasteiger partial charge in [0.15, 0.2) is 4.21 Å². The average Bonchev–Trinajstić information content (AvgIpc) is 2.95. The van der Waals surface area contributed by atoms with Crippen LogP contribution in [-0.4, -0.2) is 37.3 Å². The minimum Gasteiger partial charge on any atom is -0.313 e. The molecule has 0 aliphatic carbocycles. The molecule has 0 spiro atoms. The molecule has 1 aromatic heterocycles. The predicted molar refractivity (Wildman–Crippen MR) is 82.8 cm³/mol. The van der Waals surface area contributed by atoms with Crippen molar-refractivity contribution in [2.75, 3.05) is 19.6 Å². The zero-order chi connectivity index (χ0) is 15.7. The second-order valence-corrected chi connectivity index (χ2v) is 8.44. The topological polar surface area (TPSA) is 62.3 Å². The minimum absolute atomic E-state index is 0.230. The van der Waals surface area contributed by atoms with Crippen LogP contribution in [-0.2, 0) is 10.0 Å². The molecule has 118 valence electrons. The number of aromatic nitrogens is 1. The van der Waals surface area contributed by atoms with Gasteiger partial charge in [0.2, 0.25) is 0 Å². The average molecular weight is 341 g/mol. The van der Waals surface area contributed by atoms with E-state index in [4.69, 9.17) is 0 Å². The summed E-state index contributed by atoms with van der Waals surface area (Å²) in [6.07, 6.45) is 1.39. The van der Waals surface area contributed by atoms with Crippen molar-refractivity contribution in [2.24, 2.45) is 0 Å². The highest BCUT2D eigenvalue weighted by Gasteiger charge is 2.35. The fourth-order valence-corrected chi connectivity index (χ4v) is 5.40. The number of sulfonamides is 1. The van der Waals surface area contributed by atoms with Crippen LogP contribution in [0, 0.1) is 12.7 Å². The number of hydrogen-bond acceptors (Lipinski definition) is 5. The van der Waals surface area contributed by atoms with E-state index in [1.54, 1.807) is 19.1 Å². The van der Waals surface area contributed by atoms with Gasteiger partial charge in [-0.05, 0) is 24.6 Å². The van der Waals surface area contributed by atoms with E-state index < -0.39 is 16.1 Å². The van der Waals surface area contributed by atoms with Crippen LogP contribution in [0.3, 0.4) is 0 Å². The van der Waals surface area contributed by atoms with Gasteiger partial charge in [0, 0.05) is 19.6 Å². The van der Waals surface area contributed by atoms with Crippen molar-refractivity contribution in [3.63, 3.8) is 0 Å². The van der Waals surface area contributed by atoms with E-state index in [2.05, 4.69) is 10.3 Å². The molecule has 22 heavy (non-hydrogen) atoms. The molecule has 0 amide bonds. The number of rotatable bonds is 3. The Labute approximate surface area is 132 Å². The Hall–Kier alpha value is -1.35. The third-order valence-electron chi connectivity index (χ3n) is 3.59. The number of halogens is 1. The Kier molecular flexibility index (Phi) is 4.26. The van der Waals surface area contributed by atoms with E-state index in [1.165, 1.54) is 22.6 Å². The van der Waals surface area contributed by atoms with Gasteiger partial charge < -0.3 is 5.32 Å². The second-order valence-electron chi connectivity index (χ2n) is 5.09. The quantitative estimate of drug-likeness (QED) is 0.927. The SMILES string of the molecule is Cc1ncc(S(=O)(=O)N2CCNCC2c2cccc(F)c2)s1. The van der Waals surface area contributed by atoms with E-state index in [0.717, 1.165) is 11.3 Å². The molecule has 0 radical (unpaired) electrons. The molecule has 1 fully saturated rings. The van der Waals surface area contributed by atoms with Crippen LogP contribution in [0.2, 0.25) is 0 Å². The third kappa shape index (κ3) is 2.91. The Morgan fingerprint density at radius 3 is 2.95 bits per heavy atom. The number of aryl methyl sites for hydroxylation is 1. The number of hydrogen-bond donors (Lipinski definition) is 1. The summed E-state index contributed by atoms with van der Waals surface area (Å²) in [6.45, 7) is 3.15. The van der Waals surface area contributed by atoms with E-state index in [-0.39, 0.29) is 10.0 Å². The summed E-state index contributed by atoms with van der Waals surface area (Å²) in [5, 5.41) is 3.88. The van der Waals surface area contributed by atoms with Crippen LogP contribution in [0.1, 0.15) is 16.6 Å². The van der Waals surface area contributed by atoms with E-state index in [9.17, 15) is 12.8 Å². The molecule has 1 unspecified atom stereocenters. The summed E-state index contributed by atoms with van der Waals surface area (Å²) in [4.78, 5) is 4.03.